The van der Waals surface area contributed by atoms with E-state index in [0.29, 0.717) is 29.4 Å². The molecule has 128 valence electrons. The highest BCUT2D eigenvalue weighted by molar-refractivity contribution is 9.10. The fraction of sp³-hybridized carbons (Fsp3) is 0.158. The van der Waals surface area contributed by atoms with Gasteiger partial charge in [0.2, 0.25) is 0 Å². The number of carbonyl (C=O) groups is 1. The summed E-state index contributed by atoms with van der Waals surface area (Å²) in [5.41, 5.74) is 1.25. The van der Waals surface area contributed by atoms with E-state index in [1.807, 2.05) is 25.1 Å². The molecule has 0 atom stereocenters. The van der Waals surface area contributed by atoms with Crippen LogP contribution in [0.25, 0.3) is 6.08 Å². The molecule has 6 heteroatoms. The molecule has 0 bridgehead atoms. The van der Waals surface area contributed by atoms with E-state index in [9.17, 15) is 10.1 Å². The molecule has 0 heterocycles. The second kappa shape index (κ2) is 8.90. The Bertz CT molecular complexity index is 841. The lowest BCUT2D eigenvalue weighted by Crippen LogP contribution is -2.13. The lowest BCUT2D eigenvalue weighted by atomic mass is 10.1. The first kappa shape index (κ1) is 18.6. The first-order chi connectivity index (χ1) is 12.1. The van der Waals surface area contributed by atoms with E-state index < -0.39 is 5.91 Å². The number of hydrogen-bond donors (Lipinski definition) is 1. The largest absolute Gasteiger partial charge is 0.493 e. The molecule has 25 heavy (non-hydrogen) atoms. The van der Waals surface area contributed by atoms with Crippen molar-refractivity contribution in [3.05, 3.63) is 58.1 Å². The van der Waals surface area contributed by atoms with Gasteiger partial charge in [-0.2, -0.15) is 5.26 Å². The number of carbonyl (C=O) groups excluding carboxylic acids is 1. The molecule has 0 spiro atoms. The highest BCUT2D eigenvalue weighted by atomic mass is 79.9. The van der Waals surface area contributed by atoms with Crippen LogP contribution in [-0.4, -0.2) is 19.6 Å². The average Bonchev–Trinajstić information content (AvgIpc) is 2.62. The Balaban J connectivity index is 2.28. The van der Waals surface area contributed by atoms with Crippen molar-refractivity contribution in [1.82, 2.24) is 0 Å². The van der Waals surface area contributed by atoms with E-state index in [1.165, 1.54) is 6.08 Å². The normalized spacial score (nSPS) is 10.7. The number of ether oxygens (including phenoxy) is 2. The Labute approximate surface area is 155 Å². The molecule has 0 aromatic heterocycles. The number of hydrogen-bond acceptors (Lipinski definition) is 4. The number of nitrogens with one attached hydrogen (secondary N) is 1. The molecule has 0 aliphatic heterocycles. The maximum Gasteiger partial charge on any atom is 0.266 e. The number of rotatable bonds is 6. The topological polar surface area (TPSA) is 71.3 Å². The van der Waals surface area contributed by atoms with Gasteiger partial charge in [-0.25, -0.2) is 0 Å². The van der Waals surface area contributed by atoms with Gasteiger partial charge in [0.15, 0.2) is 11.5 Å². The van der Waals surface area contributed by atoms with Gasteiger partial charge in [0.1, 0.15) is 11.6 Å². The number of methoxy groups -OCH3 is 1. The number of anilines is 1. The van der Waals surface area contributed by atoms with Crippen molar-refractivity contribution in [2.45, 2.75) is 6.92 Å². The first-order valence-electron chi connectivity index (χ1n) is 7.57. The molecule has 2 aromatic rings. The van der Waals surface area contributed by atoms with Crippen LogP contribution in [0.1, 0.15) is 12.5 Å². The van der Waals surface area contributed by atoms with Crippen LogP contribution in [0, 0.1) is 11.3 Å². The van der Waals surface area contributed by atoms with E-state index in [4.69, 9.17) is 9.47 Å². The third-order valence-electron chi connectivity index (χ3n) is 3.29. The van der Waals surface area contributed by atoms with Gasteiger partial charge < -0.3 is 14.8 Å². The van der Waals surface area contributed by atoms with Crippen molar-refractivity contribution in [1.29, 1.82) is 5.26 Å². The monoisotopic (exact) mass is 400 g/mol. The van der Waals surface area contributed by atoms with Gasteiger partial charge in [-0.05, 0) is 58.8 Å². The second-order valence-corrected chi connectivity index (χ2v) is 5.80. The van der Waals surface area contributed by atoms with Gasteiger partial charge in [0.25, 0.3) is 5.91 Å². The Morgan fingerprint density at radius 3 is 2.68 bits per heavy atom. The van der Waals surface area contributed by atoms with Crippen LogP contribution in [0.15, 0.2) is 52.5 Å². The molecule has 1 amide bonds. The zero-order valence-corrected chi connectivity index (χ0v) is 15.5. The minimum absolute atomic E-state index is 0.0108. The molecule has 1 N–H and O–H groups in total. The van der Waals surface area contributed by atoms with Crippen molar-refractivity contribution in [2.75, 3.05) is 19.0 Å². The lowest BCUT2D eigenvalue weighted by molar-refractivity contribution is -0.112. The van der Waals surface area contributed by atoms with Crippen molar-refractivity contribution in [3.63, 3.8) is 0 Å². The number of para-hydroxylation sites is 1. The molecule has 2 rings (SSSR count). The molecule has 0 radical (unpaired) electrons. The molecule has 0 saturated carbocycles. The summed E-state index contributed by atoms with van der Waals surface area (Å²) < 4.78 is 11.5. The summed E-state index contributed by atoms with van der Waals surface area (Å²) in [6, 6.07) is 14.3. The van der Waals surface area contributed by atoms with Gasteiger partial charge in [-0.1, -0.05) is 18.2 Å². The van der Waals surface area contributed by atoms with Crippen molar-refractivity contribution in [3.8, 4) is 17.6 Å². The molecular weight excluding hydrogens is 384 g/mol. The van der Waals surface area contributed by atoms with Gasteiger partial charge in [0, 0.05) is 4.47 Å². The van der Waals surface area contributed by atoms with E-state index in [1.54, 1.807) is 37.4 Å². The second-order valence-electron chi connectivity index (χ2n) is 4.95. The third kappa shape index (κ3) is 4.85. The van der Waals surface area contributed by atoms with Crippen molar-refractivity contribution in [2.24, 2.45) is 0 Å². The quantitative estimate of drug-likeness (QED) is 0.575. The summed E-state index contributed by atoms with van der Waals surface area (Å²) in [6.07, 6.45) is 1.51. The van der Waals surface area contributed by atoms with Crippen molar-refractivity contribution >= 4 is 33.6 Å². The number of halogens is 1. The average molecular weight is 401 g/mol. The standard InChI is InChI=1S/C19H17BrN2O3/c1-3-25-18-11-13(8-9-17(18)24-2)10-14(12-21)19(23)22-16-7-5-4-6-15(16)20/h4-11H,3H2,1-2H3,(H,22,23)/b14-10+. The first-order valence-corrected chi connectivity index (χ1v) is 8.36. The molecule has 5 nitrogen and oxygen atoms in total. The van der Waals surface area contributed by atoms with Crippen LogP contribution in [0.5, 0.6) is 11.5 Å². The molecular formula is C19H17BrN2O3. The number of amides is 1. The van der Waals surface area contributed by atoms with Gasteiger partial charge in [-0.3, -0.25) is 4.79 Å². The van der Waals surface area contributed by atoms with E-state index in [0.717, 1.165) is 4.47 Å². The minimum Gasteiger partial charge on any atom is -0.493 e. The zero-order valence-electron chi connectivity index (χ0n) is 13.9. The Kier molecular flexibility index (Phi) is 6.61. The van der Waals surface area contributed by atoms with Crippen LogP contribution in [0.3, 0.4) is 0 Å². The highest BCUT2D eigenvalue weighted by Crippen LogP contribution is 2.29. The van der Waals surface area contributed by atoms with Gasteiger partial charge in [-0.15, -0.1) is 0 Å². The number of nitriles is 1. The third-order valence-corrected chi connectivity index (χ3v) is 3.98. The van der Waals surface area contributed by atoms with Crippen LogP contribution in [-0.2, 0) is 4.79 Å². The van der Waals surface area contributed by atoms with Gasteiger partial charge in [0.05, 0.1) is 19.4 Å². The molecule has 2 aromatic carbocycles. The molecule has 0 fully saturated rings. The number of benzene rings is 2. The van der Waals surface area contributed by atoms with Crippen LogP contribution < -0.4 is 14.8 Å². The Morgan fingerprint density at radius 1 is 1.28 bits per heavy atom. The summed E-state index contributed by atoms with van der Waals surface area (Å²) in [5.74, 6) is 0.667. The lowest BCUT2D eigenvalue weighted by Gasteiger charge is -2.10. The minimum atomic E-state index is -0.483. The fourth-order valence-electron chi connectivity index (χ4n) is 2.12. The summed E-state index contributed by atoms with van der Waals surface area (Å²) in [7, 11) is 1.55. The van der Waals surface area contributed by atoms with Crippen LogP contribution in [0.4, 0.5) is 5.69 Å². The Morgan fingerprint density at radius 2 is 2.04 bits per heavy atom. The van der Waals surface area contributed by atoms with E-state index in [-0.39, 0.29) is 5.57 Å². The SMILES string of the molecule is CCOc1cc(/C=C(\C#N)C(=O)Nc2ccccc2Br)ccc1OC. The smallest absolute Gasteiger partial charge is 0.266 e. The fourth-order valence-corrected chi connectivity index (χ4v) is 2.50. The zero-order chi connectivity index (χ0) is 18.2. The molecule has 0 aliphatic carbocycles. The molecule has 0 aliphatic rings. The van der Waals surface area contributed by atoms with Gasteiger partial charge >= 0.3 is 0 Å². The summed E-state index contributed by atoms with van der Waals surface area (Å²) >= 11 is 3.36. The summed E-state index contributed by atoms with van der Waals surface area (Å²) in [5, 5.41) is 12.0. The van der Waals surface area contributed by atoms with Crippen LogP contribution >= 0.6 is 15.9 Å². The van der Waals surface area contributed by atoms with E-state index in [2.05, 4.69) is 21.2 Å². The van der Waals surface area contributed by atoms with E-state index >= 15 is 0 Å². The number of nitrogens with zero attached hydrogens (tertiary/aromatic N) is 1. The maximum atomic E-state index is 12.4. The molecule has 0 unspecified atom stereocenters. The summed E-state index contributed by atoms with van der Waals surface area (Å²) in [6.45, 7) is 2.35. The van der Waals surface area contributed by atoms with Crippen molar-refractivity contribution < 1.29 is 14.3 Å². The Hall–Kier alpha value is -2.78. The predicted molar refractivity (Wildman–Crippen MR) is 101 cm³/mol. The maximum absolute atomic E-state index is 12.4. The predicted octanol–water partition coefficient (Wildman–Crippen LogP) is 4.40. The summed E-state index contributed by atoms with van der Waals surface area (Å²) in [4.78, 5) is 12.4. The van der Waals surface area contributed by atoms with Crippen LogP contribution in [0.2, 0.25) is 0 Å². The highest BCUT2D eigenvalue weighted by Gasteiger charge is 2.12. The molecule has 0 saturated heterocycles.